The first kappa shape index (κ1) is 19.9. The van der Waals surface area contributed by atoms with Gasteiger partial charge in [-0.25, -0.2) is 4.98 Å². The predicted molar refractivity (Wildman–Crippen MR) is 115 cm³/mol. The zero-order valence-electron chi connectivity index (χ0n) is 16.7. The molecule has 148 valence electrons. The number of ether oxygens (including phenoxy) is 1. The highest BCUT2D eigenvalue weighted by Crippen LogP contribution is 2.14. The molecule has 3 aromatic rings. The number of rotatable bonds is 9. The summed E-state index contributed by atoms with van der Waals surface area (Å²) in [6.45, 7) is 5.94. The lowest BCUT2D eigenvalue weighted by Crippen LogP contribution is -2.37. The summed E-state index contributed by atoms with van der Waals surface area (Å²) < 4.78 is 7.52. The van der Waals surface area contributed by atoms with Gasteiger partial charge in [-0.15, -0.1) is 0 Å². The lowest BCUT2D eigenvalue weighted by molar-refractivity contribution is 0.145. The van der Waals surface area contributed by atoms with Gasteiger partial charge in [0.15, 0.2) is 5.96 Å². The second-order valence-corrected chi connectivity index (χ2v) is 6.58. The fourth-order valence-electron chi connectivity index (χ4n) is 3.03. The van der Waals surface area contributed by atoms with E-state index in [1.54, 1.807) is 7.05 Å². The molecule has 0 aliphatic heterocycles. The maximum atomic E-state index is 5.34. The van der Waals surface area contributed by atoms with Crippen LogP contribution in [0.5, 0.6) is 0 Å². The number of imidazole rings is 1. The molecular formula is C22H29N5O. The van der Waals surface area contributed by atoms with Crippen LogP contribution in [0.4, 0.5) is 0 Å². The summed E-state index contributed by atoms with van der Waals surface area (Å²) in [4.78, 5) is 8.72. The van der Waals surface area contributed by atoms with Crippen molar-refractivity contribution in [2.75, 3.05) is 26.8 Å². The Morgan fingerprint density at radius 1 is 1.07 bits per heavy atom. The zero-order valence-corrected chi connectivity index (χ0v) is 16.7. The first-order valence-corrected chi connectivity index (χ1v) is 9.80. The molecule has 0 amide bonds. The molecule has 0 aliphatic carbocycles. The zero-order chi connectivity index (χ0) is 19.6. The lowest BCUT2D eigenvalue weighted by atomic mass is 10.1. The van der Waals surface area contributed by atoms with E-state index >= 15 is 0 Å². The highest BCUT2D eigenvalue weighted by atomic mass is 16.5. The van der Waals surface area contributed by atoms with E-state index in [0.717, 1.165) is 56.3 Å². The third-order valence-corrected chi connectivity index (χ3v) is 4.55. The fourth-order valence-corrected chi connectivity index (χ4v) is 3.03. The van der Waals surface area contributed by atoms with E-state index in [2.05, 4.69) is 55.5 Å². The molecule has 6 heteroatoms. The van der Waals surface area contributed by atoms with Crippen LogP contribution in [0.3, 0.4) is 0 Å². The maximum absolute atomic E-state index is 5.34. The number of aromatic nitrogens is 2. The average molecular weight is 380 g/mol. The van der Waals surface area contributed by atoms with Gasteiger partial charge in [0.05, 0.1) is 17.4 Å². The summed E-state index contributed by atoms with van der Waals surface area (Å²) in [6.07, 6.45) is 2.87. The first-order chi connectivity index (χ1) is 13.8. The SMILES string of the molecule is CCOCCCNC(=NC)NCc1ccc(Cn2cnc3ccccc32)cc1. The molecule has 28 heavy (non-hydrogen) atoms. The second-order valence-electron chi connectivity index (χ2n) is 6.58. The molecule has 2 aromatic carbocycles. The van der Waals surface area contributed by atoms with Crippen molar-refractivity contribution in [3.05, 3.63) is 66.0 Å². The van der Waals surface area contributed by atoms with Crippen LogP contribution in [0, 0.1) is 0 Å². The molecule has 0 saturated carbocycles. The van der Waals surface area contributed by atoms with Gasteiger partial charge >= 0.3 is 0 Å². The van der Waals surface area contributed by atoms with Crippen molar-refractivity contribution in [1.82, 2.24) is 20.2 Å². The van der Waals surface area contributed by atoms with E-state index in [4.69, 9.17) is 4.74 Å². The Morgan fingerprint density at radius 3 is 2.64 bits per heavy atom. The number of nitrogens with one attached hydrogen (secondary N) is 2. The Balaban J connectivity index is 1.49. The van der Waals surface area contributed by atoms with Gasteiger partial charge in [0, 0.05) is 39.9 Å². The van der Waals surface area contributed by atoms with Gasteiger partial charge in [0.25, 0.3) is 0 Å². The van der Waals surface area contributed by atoms with Crippen LogP contribution < -0.4 is 10.6 Å². The van der Waals surface area contributed by atoms with E-state index in [0.29, 0.717) is 0 Å². The summed E-state index contributed by atoms with van der Waals surface area (Å²) >= 11 is 0. The molecule has 0 aliphatic rings. The minimum absolute atomic E-state index is 0.736. The van der Waals surface area contributed by atoms with Gasteiger partial charge in [-0.2, -0.15) is 0 Å². The number of guanidine groups is 1. The third kappa shape index (κ3) is 5.57. The molecule has 0 bridgehead atoms. The van der Waals surface area contributed by atoms with Crippen LogP contribution in [0.2, 0.25) is 0 Å². The van der Waals surface area contributed by atoms with Gasteiger partial charge in [-0.3, -0.25) is 4.99 Å². The van der Waals surface area contributed by atoms with Gasteiger partial charge in [0.2, 0.25) is 0 Å². The van der Waals surface area contributed by atoms with E-state index < -0.39 is 0 Å². The van der Waals surface area contributed by atoms with E-state index in [1.807, 2.05) is 31.5 Å². The van der Waals surface area contributed by atoms with Crippen molar-refractivity contribution in [3.8, 4) is 0 Å². The molecule has 0 radical (unpaired) electrons. The quantitative estimate of drug-likeness (QED) is 0.341. The Morgan fingerprint density at radius 2 is 1.86 bits per heavy atom. The van der Waals surface area contributed by atoms with E-state index in [9.17, 15) is 0 Å². The Bertz CT molecular complexity index is 885. The normalized spacial score (nSPS) is 11.7. The summed E-state index contributed by atoms with van der Waals surface area (Å²) in [7, 11) is 1.79. The molecular weight excluding hydrogens is 350 g/mol. The van der Waals surface area contributed by atoms with E-state index in [1.165, 1.54) is 11.1 Å². The molecule has 3 rings (SSSR count). The monoisotopic (exact) mass is 379 g/mol. The molecule has 1 heterocycles. The number of nitrogens with zero attached hydrogens (tertiary/aromatic N) is 3. The van der Waals surface area contributed by atoms with Crippen molar-refractivity contribution in [2.45, 2.75) is 26.4 Å². The summed E-state index contributed by atoms with van der Waals surface area (Å²) in [6, 6.07) is 16.9. The molecule has 6 nitrogen and oxygen atoms in total. The number of hydrogen-bond acceptors (Lipinski definition) is 3. The number of benzene rings is 2. The fraction of sp³-hybridized carbons (Fsp3) is 0.364. The molecule has 2 N–H and O–H groups in total. The van der Waals surface area contributed by atoms with Gasteiger partial charge < -0.3 is 19.9 Å². The third-order valence-electron chi connectivity index (χ3n) is 4.55. The number of aliphatic imine (C=N–C) groups is 1. The Labute approximate surface area is 166 Å². The molecule has 0 fully saturated rings. The highest BCUT2D eigenvalue weighted by Gasteiger charge is 2.03. The number of fused-ring (bicyclic) bond motifs is 1. The minimum atomic E-state index is 0.736. The van der Waals surface area contributed by atoms with Crippen molar-refractivity contribution in [2.24, 2.45) is 4.99 Å². The van der Waals surface area contributed by atoms with Crippen molar-refractivity contribution < 1.29 is 4.74 Å². The largest absolute Gasteiger partial charge is 0.382 e. The smallest absolute Gasteiger partial charge is 0.191 e. The van der Waals surface area contributed by atoms with E-state index in [-0.39, 0.29) is 0 Å². The number of hydrogen-bond donors (Lipinski definition) is 2. The molecule has 1 aromatic heterocycles. The topological polar surface area (TPSA) is 63.5 Å². The minimum Gasteiger partial charge on any atom is -0.382 e. The van der Waals surface area contributed by atoms with Crippen molar-refractivity contribution in [3.63, 3.8) is 0 Å². The summed E-state index contributed by atoms with van der Waals surface area (Å²) in [5.41, 5.74) is 4.66. The van der Waals surface area contributed by atoms with Crippen LogP contribution in [-0.4, -0.2) is 42.3 Å². The first-order valence-electron chi connectivity index (χ1n) is 9.80. The lowest BCUT2D eigenvalue weighted by Gasteiger charge is -2.12. The van der Waals surface area contributed by atoms with Crippen LogP contribution in [0.15, 0.2) is 59.9 Å². The standard InChI is InChI=1S/C22H29N5O/c1-3-28-14-6-13-24-22(23-2)25-15-18-9-11-19(12-10-18)16-27-17-26-20-7-4-5-8-21(20)27/h4-5,7-12,17H,3,6,13-16H2,1-2H3,(H2,23,24,25). The second kappa shape index (κ2) is 10.5. The van der Waals surface area contributed by atoms with Crippen molar-refractivity contribution >= 4 is 17.0 Å². The van der Waals surface area contributed by atoms with Crippen LogP contribution in [0.1, 0.15) is 24.5 Å². The predicted octanol–water partition coefficient (Wildman–Crippen LogP) is 3.18. The van der Waals surface area contributed by atoms with Gasteiger partial charge in [-0.1, -0.05) is 36.4 Å². The molecule has 0 saturated heterocycles. The summed E-state index contributed by atoms with van der Waals surface area (Å²) in [5.74, 6) is 0.811. The Hall–Kier alpha value is -2.86. The van der Waals surface area contributed by atoms with Crippen LogP contribution >= 0.6 is 0 Å². The molecule has 0 unspecified atom stereocenters. The highest BCUT2D eigenvalue weighted by molar-refractivity contribution is 5.79. The van der Waals surface area contributed by atoms with Crippen LogP contribution in [0.25, 0.3) is 11.0 Å². The average Bonchev–Trinajstić information content (AvgIpc) is 3.14. The van der Waals surface area contributed by atoms with Gasteiger partial charge in [0.1, 0.15) is 0 Å². The van der Waals surface area contributed by atoms with Gasteiger partial charge in [-0.05, 0) is 36.6 Å². The molecule has 0 spiro atoms. The Kier molecular flexibility index (Phi) is 7.44. The van der Waals surface area contributed by atoms with Crippen molar-refractivity contribution in [1.29, 1.82) is 0 Å². The van der Waals surface area contributed by atoms with Crippen LogP contribution in [-0.2, 0) is 17.8 Å². The molecule has 0 atom stereocenters. The maximum Gasteiger partial charge on any atom is 0.191 e. The number of para-hydroxylation sites is 2. The summed E-state index contributed by atoms with van der Waals surface area (Å²) in [5, 5.41) is 6.65.